The Morgan fingerprint density at radius 2 is 1.80 bits per heavy atom. The number of rotatable bonds is 4. The van der Waals surface area contributed by atoms with Gasteiger partial charge in [0.2, 0.25) is 0 Å². The highest BCUT2D eigenvalue weighted by atomic mass is 16.8. The van der Waals surface area contributed by atoms with E-state index in [0.717, 1.165) is 17.9 Å². The highest BCUT2D eigenvalue weighted by molar-refractivity contribution is 6.11. The molecule has 0 atom stereocenters. The van der Waals surface area contributed by atoms with Gasteiger partial charge < -0.3 is 4.74 Å². The average molecular weight is 211 g/mol. The van der Waals surface area contributed by atoms with Crippen LogP contribution >= 0.6 is 0 Å². The van der Waals surface area contributed by atoms with E-state index in [9.17, 15) is 9.59 Å². The van der Waals surface area contributed by atoms with Crippen molar-refractivity contribution < 1.29 is 19.2 Å². The van der Waals surface area contributed by atoms with E-state index in [1.165, 1.54) is 25.0 Å². The monoisotopic (exact) mass is 211 g/mol. The Morgan fingerprint density at radius 1 is 1.20 bits per heavy atom. The van der Waals surface area contributed by atoms with Crippen LogP contribution in [0.3, 0.4) is 0 Å². The lowest BCUT2D eigenvalue weighted by molar-refractivity contribution is -0.222. The molecular formula is C10H13NO4. The van der Waals surface area contributed by atoms with E-state index in [0.29, 0.717) is 0 Å². The number of imide groups is 1. The van der Waals surface area contributed by atoms with E-state index in [4.69, 9.17) is 9.57 Å². The number of carbonyl (C=O) groups excluding carboxylic acids is 2. The first-order valence-corrected chi connectivity index (χ1v) is 5.08. The Balaban J connectivity index is 1.69. The van der Waals surface area contributed by atoms with Gasteiger partial charge in [-0.1, -0.05) is 12.8 Å². The average Bonchev–Trinajstić information content (AvgIpc) is 2.82. The highest BCUT2D eigenvalue weighted by Crippen LogP contribution is 2.20. The quantitative estimate of drug-likeness (QED) is 0.509. The van der Waals surface area contributed by atoms with Gasteiger partial charge in [0, 0.05) is 12.2 Å². The van der Waals surface area contributed by atoms with Gasteiger partial charge in [0.15, 0.2) is 6.79 Å². The van der Waals surface area contributed by atoms with Gasteiger partial charge in [-0.25, -0.2) is 4.84 Å². The maximum Gasteiger partial charge on any atom is 0.278 e. The molecule has 1 saturated carbocycles. The second-order valence-corrected chi connectivity index (χ2v) is 3.62. The van der Waals surface area contributed by atoms with Crippen molar-refractivity contribution in [1.82, 2.24) is 5.06 Å². The summed E-state index contributed by atoms with van der Waals surface area (Å²) in [5.74, 6) is -0.898. The Bertz CT molecular complexity index is 276. The van der Waals surface area contributed by atoms with Gasteiger partial charge in [-0.2, -0.15) is 0 Å². The van der Waals surface area contributed by atoms with Gasteiger partial charge in [0.05, 0.1) is 6.10 Å². The number of carbonyl (C=O) groups is 2. The SMILES string of the molecule is O=C1C=CC(=O)N1OCOC1CCCC1. The summed E-state index contributed by atoms with van der Waals surface area (Å²) in [7, 11) is 0. The van der Waals surface area contributed by atoms with Gasteiger partial charge in [-0.15, -0.1) is 5.06 Å². The minimum Gasteiger partial charge on any atom is -0.350 e. The van der Waals surface area contributed by atoms with Gasteiger partial charge >= 0.3 is 0 Å². The van der Waals surface area contributed by atoms with E-state index in [2.05, 4.69) is 0 Å². The molecule has 0 aromatic rings. The van der Waals surface area contributed by atoms with Crippen LogP contribution in [0.2, 0.25) is 0 Å². The second kappa shape index (κ2) is 4.55. The molecule has 1 fully saturated rings. The smallest absolute Gasteiger partial charge is 0.278 e. The summed E-state index contributed by atoms with van der Waals surface area (Å²) in [6, 6.07) is 0. The summed E-state index contributed by atoms with van der Waals surface area (Å²) in [5, 5.41) is 0.717. The maximum atomic E-state index is 11.0. The van der Waals surface area contributed by atoms with Crippen LogP contribution in [0.5, 0.6) is 0 Å². The number of hydrogen-bond donors (Lipinski definition) is 0. The number of hydroxylamine groups is 2. The van der Waals surface area contributed by atoms with Crippen molar-refractivity contribution in [3.05, 3.63) is 12.2 Å². The van der Waals surface area contributed by atoms with Crippen molar-refractivity contribution >= 4 is 11.8 Å². The summed E-state index contributed by atoms with van der Waals surface area (Å²) in [6.45, 7) is -0.0379. The minimum absolute atomic E-state index is 0.0379. The first-order chi connectivity index (χ1) is 7.27. The lowest BCUT2D eigenvalue weighted by Gasteiger charge is -2.15. The molecule has 2 aliphatic rings. The van der Waals surface area contributed by atoms with Crippen LogP contribution < -0.4 is 0 Å². The third-order valence-electron chi connectivity index (χ3n) is 2.56. The molecule has 0 radical (unpaired) electrons. The van der Waals surface area contributed by atoms with Crippen molar-refractivity contribution in [3.8, 4) is 0 Å². The molecule has 0 aromatic heterocycles. The van der Waals surface area contributed by atoms with Crippen molar-refractivity contribution in [2.24, 2.45) is 0 Å². The van der Waals surface area contributed by atoms with Crippen LogP contribution in [-0.2, 0) is 19.2 Å². The predicted octanol–water partition coefficient (Wildman–Crippen LogP) is 0.760. The third kappa shape index (κ3) is 2.43. The van der Waals surface area contributed by atoms with E-state index >= 15 is 0 Å². The van der Waals surface area contributed by atoms with E-state index < -0.39 is 11.8 Å². The Hall–Kier alpha value is -1.20. The van der Waals surface area contributed by atoms with Crippen LogP contribution in [0, 0.1) is 0 Å². The van der Waals surface area contributed by atoms with Crippen molar-refractivity contribution in [2.45, 2.75) is 31.8 Å². The molecule has 82 valence electrons. The third-order valence-corrected chi connectivity index (χ3v) is 2.56. The number of nitrogens with zero attached hydrogens (tertiary/aromatic N) is 1. The Morgan fingerprint density at radius 3 is 2.40 bits per heavy atom. The van der Waals surface area contributed by atoms with Crippen LogP contribution in [-0.4, -0.2) is 29.8 Å². The van der Waals surface area contributed by atoms with Gasteiger partial charge in [0.1, 0.15) is 0 Å². The topological polar surface area (TPSA) is 55.8 Å². The van der Waals surface area contributed by atoms with Crippen LogP contribution in [0.1, 0.15) is 25.7 Å². The van der Waals surface area contributed by atoms with Crippen LogP contribution in [0.4, 0.5) is 0 Å². The molecule has 1 heterocycles. The molecule has 0 spiro atoms. The molecule has 0 N–H and O–H groups in total. The van der Waals surface area contributed by atoms with E-state index in [-0.39, 0.29) is 12.9 Å². The van der Waals surface area contributed by atoms with Gasteiger partial charge in [-0.3, -0.25) is 9.59 Å². The second-order valence-electron chi connectivity index (χ2n) is 3.62. The van der Waals surface area contributed by atoms with Crippen LogP contribution in [0.15, 0.2) is 12.2 Å². The molecule has 1 aliphatic carbocycles. The summed E-state index contributed by atoms with van der Waals surface area (Å²) in [4.78, 5) is 27.0. The molecule has 2 rings (SSSR count). The normalized spacial score (nSPS) is 22.0. The molecule has 5 heteroatoms. The number of hydrogen-bond acceptors (Lipinski definition) is 4. The molecule has 15 heavy (non-hydrogen) atoms. The predicted molar refractivity (Wildman–Crippen MR) is 50.3 cm³/mol. The Labute approximate surface area is 87.6 Å². The zero-order valence-electron chi connectivity index (χ0n) is 8.35. The molecule has 0 unspecified atom stereocenters. The summed E-state index contributed by atoms with van der Waals surface area (Å²) in [6.07, 6.45) is 6.98. The Kier molecular flexibility index (Phi) is 3.13. The molecule has 0 aromatic carbocycles. The summed E-state index contributed by atoms with van der Waals surface area (Å²) >= 11 is 0. The molecular weight excluding hydrogens is 198 g/mol. The standard InChI is InChI=1S/C10H13NO4/c12-9-5-6-10(13)11(9)15-7-14-8-3-1-2-4-8/h5-6,8H,1-4,7H2. The van der Waals surface area contributed by atoms with Crippen molar-refractivity contribution in [3.63, 3.8) is 0 Å². The van der Waals surface area contributed by atoms with Crippen LogP contribution in [0.25, 0.3) is 0 Å². The first-order valence-electron chi connectivity index (χ1n) is 5.08. The fourth-order valence-corrected chi connectivity index (χ4v) is 1.75. The van der Waals surface area contributed by atoms with Crippen molar-refractivity contribution in [1.29, 1.82) is 0 Å². The zero-order chi connectivity index (χ0) is 10.7. The van der Waals surface area contributed by atoms with E-state index in [1.807, 2.05) is 0 Å². The molecule has 1 aliphatic heterocycles. The summed E-state index contributed by atoms with van der Waals surface area (Å²) < 4.78 is 5.37. The fourth-order valence-electron chi connectivity index (χ4n) is 1.75. The largest absolute Gasteiger partial charge is 0.350 e. The number of ether oxygens (including phenoxy) is 1. The lowest BCUT2D eigenvalue weighted by atomic mass is 10.3. The summed E-state index contributed by atoms with van der Waals surface area (Å²) in [5.41, 5.74) is 0. The minimum atomic E-state index is -0.449. The van der Waals surface area contributed by atoms with E-state index in [1.54, 1.807) is 0 Å². The first kappa shape index (κ1) is 10.3. The molecule has 0 bridgehead atoms. The van der Waals surface area contributed by atoms with Crippen molar-refractivity contribution in [2.75, 3.05) is 6.79 Å². The molecule has 2 amide bonds. The highest BCUT2D eigenvalue weighted by Gasteiger charge is 2.25. The maximum absolute atomic E-state index is 11.0. The molecule has 5 nitrogen and oxygen atoms in total. The fraction of sp³-hybridized carbons (Fsp3) is 0.600. The zero-order valence-corrected chi connectivity index (χ0v) is 8.35. The molecule has 0 saturated heterocycles. The number of amides is 2. The van der Waals surface area contributed by atoms with Gasteiger partial charge in [0.25, 0.3) is 11.8 Å². The lowest BCUT2D eigenvalue weighted by Crippen LogP contribution is -2.31. The van der Waals surface area contributed by atoms with Gasteiger partial charge in [-0.05, 0) is 12.8 Å².